The Labute approximate surface area is 208 Å². The molecule has 178 valence electrons. The molecule has 0 atom stereocenters. The van der Waals surface area contributed by atoms with E-state index in [1.54, 1.807) is 42.5 Å². The lowest BCUT2D eigenvalue weighted by atomic mass is 10.1. The molecule has 0 aliphatic rings. The van der Waals surface area contributed by atoms with Gasteiger partial charge in [0, 0.05) is 22.3 Å². The standard InChI is InChI=1S/C27H25N3O4S/c1-16(2)33-21-9-6-8-19(14-21)25(31)30-27(35)28-20-11-12-22(17(3)13-20)29-26(32)24-15-18-7-4-5-10-23(18)34-24/h4-16H,1-3H3,(H,29,32)(H2,28,30,31,35). The van der Waals surface area contributed by atoms with Crippen LogP contribution in [0.5, 0.6) is 5.75 Å². The molecule has 3 N–H and O–H groups in total. The molecule has 0 fully saturated rings. The number of aryl methyl sites for hydroxylation is 1. The maximum absolute atomic E-state index is 12.6. The van der Waals surface area contributed by atoms with Crippen molar-refractivity contribution >= 4 is 51.5 Å². The van der Waals surface area contributed by atoms with Crippen LogP contribution in [0.3, 0.4) is 0 Å². The second-order valence-electron chi connectivity index (χ2n) is 8.23. The predicted octanol–water partition coefficient (Wildman–Crippen LogP) is 5.91. The number of anilines is 2. The van der Waals surface area contributed by atoms with Gasteiger partial charge in [-0.1, -0.05) is 24.3 Å². The van der Waals surface area contributed by atoms with Gasteiger partial charge in [-0.15, -0.1) is 0 Å². The number of ether oxygens (including phenoxy) is 1. The summed E-state index contributed by atoms with van der Waals surface area (Å²) in [6.07, 6.45) is 0.00534. The highest BCUT2D eigenvalue weighted by Crippen LogP contribution is 2.23. The van der Waals surface area contributed by atoms with Gasteiger partial charge in [-0.3, -0.25) is 14.9 Å². The molecule has 0 aliphatic carbocycles. The maximum Gasteiger partial charge on any atom is 0.291 e. The summed E-state index contributed by atoms with van der Waals surface area (Å²) in [4.78, 5) is 25.2. The minimum Gasteiger partial charge on any atom is -0.491 e. The summed E-state index contributed by atoms with van der Waals surface area (Å²) in [6, 6.07) is 21.4. The number of rotatable bonds is 6. The van der Waals surface area contributed by atoms with E-state index in [9.17, 15) is 9.59 Å². The topological polar surface area (TPSA) is 92.6 Å². The van der Waals surface area contributed by atoms with E-state index in [0.29, 0.717) is 28.3 Å². The summed E-state index contributed by atoms with van der Waals surface area (Å²) in [6.45, 7) is 5.70. The van der Waals surface area contributed by atoms with Gasteiger partial charge in [-0.05, 0) is 87.1 Å². The lowest BCUT2D eigenvalue weighted by Gasteiger charge is -2.13. The van der Waals surface area contributed by atoms with Crippen LogP contribution in [0.15, 0.2) is 77.2 Å². The Morgan fingerprint density at radius 2 is 1.71 bits per heavy atom. The zero-order valence-electron chi connectivity index (χ0n) is 19.5. The number of amides is 2. The van der Waals surface area contributed by atoms with Gasteiger partial charge in [0.15, 0.2) is 10.9 Å². The normalized spacial score (nSPS) is 10.7. The van der Waals surface area contributed by atoms with Gasteiger partial charge in [-0.2, -0.15) is 0 Å². The SMILES string of the molecule is Cc1cc(NC(=S)NC(=O)c2cccc(OC(C)C)c2)ccc1NC(=O)c1cc2ccccc2o1. The van der Waals surface area contributed by atoms with Crippen molar-refractivity contribution in [2.45, 2.75) is 26.9 Å². The van der Waals surface area contributed by atoms with Crippen LogP contribution in [0.4, 0.5) is 11.4 Å². The summed E-state index contributed by atoms with van der Waals surface area (Å²) >= 11 is 5.30. The third-order valence-electron chi connectivity index (χ3n) is 5.08. The largest absolute Gasteiger partial charge is 0.491 e. The van der Waals surface area contributed by atoms with Crippen molar-refractivity contribution in [3.8, 4) is 5.75 Å². The molecule has 0 aliphatic heterocycles. The first-order valence-electron chi connectivity index (χ1n) is 11.1. The average Bonchev–Trinajstić information content (AvgIpc) is 3.25. The molecule has 0 radical (unpaired) electrons. The Hall–Kier alpha value is -4.17. The number of thiocarbonyl (C=S) groups is 1. The van der Waals surface area contributed by atoms with Crippen LogP contribution < -0.4 is 20.7 Å². The van der Waals surface area contributed by atoms with Crippen molar-refractivity contribution in [3.63, 3.8) is 0 Å². The van der Waals surface area contributed by atoms with Crippen molar-refractivity contribution in [1.29, 1.82) is 0 Å². The first-order valence-corrected chi connectivity index (χ1v) is 11.5. The number of hydrogen-bond acceptors (Lipinski definition) is 5. The summed E-state index contributed by atoms with van der Waals surface area (Å²) < 4.78 is 11.3. The fourth-order valence-electron chi connectivity index (χ4n) is 3.48. The number of carbonyl (C=O) groups is 2. The van der Waals surface area contributed by atoms with Crippen LogP contribution in [-0.2, 0) is 0 Å². The van der Waals surface area contributed by atoms with E-state index in [2.05, 4.69) is 16.0 Å². The van der Waals surface area contributed by atoms with E-state index in [4.69, 9.17) is 21.4 Å². The van der Waals surface area contributed by atoms with E-state index in [1.165, 1.54) is 0 Å². The van der Waals surface area contributed by atoms with Crippen LogP contribution in [-0.4, -0.2) is 23.0 Å². The first kappa shape index (κ1) is 24.0. The molecule has 2 amide bonds. The second-order valence-corrected chi connectivity index (χ2v) is 8.64. The zero-order valence-corrected chi connectivity index (χ0v) is 20.4. The van der Waals surface area contributed by atoms with Crippen molar-refractivity contribution < 1.29 is 18.7 Å². The Kier molecular flexibility index (Phi) is 7.12. The molecule has 1 aromatic heterocycles. The molecule has 8 heteroatoms. The zero-order chi connectivity index (χ0) is 24.9. The van der Waals surface area contributed by atoms with Crippen LogP contribution in [0, 0.1) is 6.92 Å². The van der Waals surface area contributed by atoms with Crippen LogP contribution >= 0.6 is 12.2 Å². The molecule has 0 spiro atoms. The van der Waals surface area contributed by atoms with E-state index in [1.807, 2.05) is 51.1 Å². The van der Waals surface area contributed by atoms with Crippen molar-refractivity contribution in [3.05, 3.63) is 89.7 Å². The summed E-state index contributed by atoms with van der Waals surface area (Å²) in [7, 11) is 0. The highest BCUT2D eigenvalue weighted by atomic mass is 32.1. The third-order valence-corrected chi connectivity index (χ3v) is 5.28. The maximum atomic E-state index is 12.6. The van der Waals surface area contributed by atoms with Gasteiger partial charge in [0.2, 0.25) is 0 Å². The quantitative estimate of drug-likeness (QED) is 0.293. The number of para-hydroxylation sites is 1. The molecular weight excluding hydrogens is 462 g/mol. The first-order chi connectivity index (χ1) is 16.8. The summed E-state index contributed by atoms with van der Waals surface area (Å²) in [5.41, 5.74) is 3.22. The molecule has 4 aromatic rings. The molecule has 0 saturated carbocycles. The Bertz CT molecular complexity index is 1380. The molecule has 3 aromatic carbocycles. The van der Waals surface area contributed by atoms with Crippen molar-refractivity contribution in [2.24, 2.45) is 0 Å². The fourth-order valence-corrected chi connectivity index (χ4v) is 3.69. The van der Waals surface area contributed by atoms with Gasteiger partial charge in [0.25, 0.3) is 11.8 Å². The Morgan fingerprint density at radius 1 is 0.914 bits per heavy atom. The molecule has 0 unspecified atom stereocenters. The Morgan fingerprint density at radius 3 is 2.46 bits per heavy atom. The lowest BCUT2D eigenvalue weighted by Crippen LogP contribution is -2.34. The molecular formula is C27H25N3O4S. The molecule has 0 bridgehead atoms. The Balaban J connectivity index is 1.37. The van der Waals surface area contributed by atoms with E-state index in [-0.39, 0.29) is 28.8 Å². The fraction of sp³-hybridized carbons (Fsp3) is 0.148. The number of furan rings is 1. The predicted molar refractivity (Wildman–Crippen MR) is 141 cm³/mol. The van der Waals surface area contributed by atoms with Crippen LogP contribution in [0.2, 0.25) is 0 Å². The number of carbonyl (C=O) groups excluding carboxylic acids is 2. The van der Waals surface area contributed by atoms with Crippen molar-refractivity contribution in [1.82, 2.24) is 5.32 Å². The van der Waals surface area contributed by atoms with E-state index >= 15 is 0 Å². The molecule has 7 nitrogen and oxygen atoms in total. The van der Waals surface area contributed by atoms with Gasteiger partial charge in [0.1, 0.15) is 11.3 Å². The molecule has 1 heterocycles. The smallest absolute Gasteiger partial charge is 0.291 e. The summed E-state index contributed by atoms with van der Waals surface area (Å²) in [5, 5.41) is 9.55. The molecule has 35 heavy (non-hydrogen) atoms. The third kappa shape index (κ3) is 6.04. The van der Waals surface area contributed by atoms with E-state index in [0.717, 1.165) is 10.9 Å². The lowest BCUT2D eigenvalue weighted by molar-refractivity contribution is 0.0974. The summed E-state index contributed by atoms with van der Waals surface area (Å²) in [5.74, 6) is 0.168. The number of hydrogen-bond donors (Lipinski definition) is 3. The van der Waals surface area contributed by atoms with Crippen molar-refractivity contribution in [2.75, 3.05) is 10.6 Å². The van der Waals surface area contributed by atoms with Gasteiger partial charge < -0.3 is 19.8 Å². The monoisotopic (exact) mass is 487 g/mol. The van der Waals surface area contributed by atoms with E-state index < -0.39 is 0 Å². The molecule has 4 rings (SSSR count). The minimum absolute atomic E-state index is 0.00534. The highest BCUT2D eigenvalue weighted by molar-refractivity contribution is 7.80. The van der Waals surface area contributed by atoms with Gasteiger partial charge in [0.05, 0.1) is 6.10 Å². The number of fused-ring (bicyclic) bond motifs is 1. The number of benzene rings is 3. The number of nitrogens with one attached hydrogen (secondary N) is 3. The van der Waals surface area contributed by atoms with Gasteiger partial charge >= 0.3 is 0 Å². The van der Waals surface area contributed by atoms with Crippen LogP contribution in [0.1, 0.15) is 40.3 Å². The second kappa shape index (κ2) is 10.4. The minimum atomic E-state index is -0.344. The van der Waals surface area contributed by atoms with Gasteiger partial charge in [-0.25, -0.2) is 0 Å². The average molecular weight is 488 g/mol. The molecule has 0 saturated heterocycles. The van der Waals surface area contributed by atoms with Crippen LogP contribution in [0.25, 0.3) is 11.0 Å². The highest BCUT2D eigenvalue weighted by Gasteiger charge is 2.14.